The Balaban J connectivity index is 1.18. The number of azide groups is 1. The first-order chi connectivity index (χ1) is 21.9. The zero-order chi connectivity index (χ0) is 31.8. The van der Waals surface area contributed by atoms with Crippen molar-refractivity contribution in [1.29, 1.82) is 0 Å². The van der Waals surface area contributed by atoms with E-state index in [1.54, 1.807) is 12.4 Å². The Kier molecular flexibility index (Phi) is 9.61. The van der Waals surface area contributed by atoms with E-state index in [1.165, 1.54) is 0 Å². The van der Waals surface area contributed by atoms with Crippen LogP contribution in [-0.2, 0) is 0 Å². The van der Waals surface area contributed by atoms with E-state index in [1.807, 2.05) is 72.8 Å². The van der Waals surface area contributed by atoms with Crippen molar-refractivity contribution in [2.45, 2.75) is 12.8 Å². The van der Waals surface area contributed by atoms with Crippen LogP contribution in [0, 0.1) is 23.3 Å². The lowest BCUT2D eigenvalue weighted by molar-refractivity contribution is 0.0941. The minimum absolute atomic E-state index is 0.0411. The molecule has 0 unspecified atom stereocenters. The number of unbranched alkanes of at least 4 members (excludes halogenated alkanes) is 1. The summed E-state index contributed by atoms with van der Waals surface area (Å²) in [6.07, 6.45) is 4.22. The third kappa shape index (κ3) is 7.06. The van der Waals surface area contributed by atoms with Gasteiger partial charge >= 0.3 is 0 Å². The van der Waals surface area contributed by atoms with E-state index < -0.39 is 40.4 Å². The normalized spacial score (nSPS) is 10.7. The van der Waals surface area contributed by atoms with E-state index in [9.17, 15) is 22.4 Å². The van der Waals surface area contributed by atoms with Crippen LogP contribution in [0.1, 0.15) is 23.2 Å². The summed E-state index contributed by atoms with van der Waals surface area (Å²) in [6, 6.07) is 22.6. The van der Waals surface area contributed by atoms with Crippen LogP contribution in [0.2, 0.25) is 0 Å². The van der Waals surface area contributed by atoms with Crippen LogP contribution in [0.4, 0.5) is 23.2 Å². The van der Waals surface area contributed by atoms with Gasteiger partial charge in [-0.1, -0.05) is 29.4 Å². The van der Waals surface area contributed by atoms with Gasteiger partial charge in [0.25, 0.3) is 5.91 Å². The Bertz CT molecular complexity index is 1780. The fraction of sp³-hybridized carbons (Fsp3) is 0.125. The van der Waals surface area contributed by atoms with Crippen LogP contribution in [0.3, 0.4) is 0 Å². The van der Waals surface area contributed by atoms with E-state index in [2.05, 4.69) is 25.3 Å². The van der Waals surface area contributed by atoms with Gasteiger partial charge in [0.2, 0.25) is 0 Å². The quantitative estimate of drug-likeness (QED) is 0.0404. The van der Waals surface area contributed by atoms with Gasteiger partial charge < -0.3 is 10.1 Å². The van der Waals surface area contributed by atoms with Crippen molar-refractivity contribution in [3.05, 3.63) is 124 Å². The van der Waals surface area contributed by atoms with Crippen molar-refractivity contribution in [3.8, 4) is 39.7 Å². The number of hydrogen-bond acceptors (Lipinski definition) is 6. The maximum Gasteiger partial charge on any atom is 0.257 e. The van der Waals surface area contributed by atoms with Gasteiger partial charge in [0.05, 0.1) is 29.4 Å². The maximum absolute atomic E-state index is 14.2. The van der Waals surface area contributed by atoms with Crippen molar-refractivity contribution >= 4 is 11.6 Å². The minimum atomic E-state index is -1.96. The second-order valence-electron chi connectivity index (χ2n) is 9.56. The van der Waals surface area contributed by atoms with Crippen molar-refractivity contribution in [1.82, 2.24) is 20.3 Å². The smallest absolute Gasteiger partial charge is 0.257 e. The third-order valence-corrected chi connectivity index (χ3v) is 6.61. The zero-order valence-corrected chi connectivity index (χ0v) is 23.4. The van der Waals surface area contributed by atoms with E-state index in [0.717, 1.165) is 22.5 Å². The van der Waals surface area contributed by atoms with Gasteiger partial charge in [0.1, 0.15) is 17.0 Å². The van der Waals surface area contributed by atoms with Gasteiger partial charge in [0, 0.05) is 23.9 Å². The molecule has 0 aliphatic rings. The highest BCUT2D eigenvalue weighted by molar-refractivity contribution is 5.95. The Morgan fingerprint density at radius 3 is 1.91 bits per heavy atom. The number of ether oxygens (including phenoxy) is 1. The molecule has 226 valence electrons. The lowest BCUT2D eigenvalue weighted by Gasteiger charge is -2.11. The summed E-state index contributed by atoms with van der Waals surface area (Å²) >= 11 is 0. The number of aromatic nitrogens is 3. The molecule has 0 bridgehead atoms. The number of amides is 1. The maximum atomic E-state index is 14.2. The molecule has 2 aromatic carbocycles. The van der Waals surface area contributed by atoms with Gasteiger partial charge in [-0.3, -0.25) is 14.8 Å². The van der Waals surface area contributed by atoms with Crippen LogP contribution in [0.15, 0.2) is 90.3 Å². The second-order valence-corrected chi connectivity index (χ2v) is 9.56. The van der Waals surface area contributed by atoms with Crippen molar-refractivity contribution < 1.29 is 27.1 Å². The van der Waals surface area contributed by atoms with Crippen LogP contribution < -0.4 is 10.1 Å². The summed E-state index contributed by atoms with van der Waals surface area (Å²) in [5.41, 5.74) is 10.1. The number of nitrogens with one attached hydrogen (secondary N) is 1. The largest absolute Gasteiger partial charge is 0.494 e. The number of halogens is 4. The standard InChI is InChI=1S/C32H23F4N7O2/c33-27-26(28(34)30(36)31(29(27)35)42-43-37)32(44)40-15-5-6-16-45-21-11-9-19(10-12-21)20-17-24(22-7-1-3-13-38-22)41-25(18-20)23-8-2-4-14-39-23/h1-4,7-14,17-18H,5-6,15-16H2,(H,40,44). The molecule has 3 aromatic heterocycles. The molecule has 0 atom stereocenters. The number of rotatable bonds is 11. The molecule has 1 N–H and O–H groups in total. The molecule has 0 aliphatic carbocycles. The topological polar surface area (TPSA) is 126 Å². The van der Waals surface area contributed by atoms with Gasteiger partial charge in [-0.15, -0.1) is 0 Å². The van der Waals surface area contributed by atoms with Crippen LogP contribution in [0.5, 0.6) is 5.75 Å². The predicted molar refractivity (Wildman–Crippen MR) is 158 cm³/mol. The first-order valence-electron chi connectivity index (χ1n) is 13.6. The Labute approximate surface area is 254 Å². The molecule has 0 aliphatic heterocycles. The molecule has 0 radical (unpaired) electrons. The van der Waals surface area contributed by atoms with E-state index in [4.69, 9.17) is 15.3 Å². The number of nitrogens with zero attached hydrogens (tertiary/aromatic N) is 6. The van der Waals surface area contributed by atoms with Crippen LogP contribution in [-0.4, -0.2) is 34.0 Å². The fourth-order valence-corrected chi connectivity index (χ4v) is 4.39. The van der Waals surface area contributed by atoms with Crippen molar-refractivity contribution in [3.63, 3.8) is 0 Å². The molecule has 0 saturated heterocycles. The zero-order valence-electron chi connectivity index (χ0n) is 23.4. The summed E-state index contributed by atoms with van der Waals surface area (Å²) in [5.74, 6) is -8.56. The Morgan fingerprint density at radius 2 is 1.38 bits per heavy atom. The summed E-state index contributed by atoms with van der Waals surface area (Å²) in [4.78, 5) is 28.0. The predicted octanol–water partition coefficient (Wildman–Crippen LogP) is 7.96. The number of carbonyl (C=O) groups is 1. The fourth-order valence-electron chi connectivity index (χ4n) is 4.39. The number of hydrogen-bond donors (Lipinski definition) is 1. The molecule has 9 nitrogen and oxygen atoms in total. The average molecular weight is 614 g/mol. The summed E-state index contributed by atoms with van der Waals surface area (Å²) in [5, 5.41) is 4.81. The number of benzene rings is 2. The molecule has 5 aromatic rings. The third-order valence-electron chi connectivity index (χ3n) is 6.61. The molecule has 5 rings (SSSR count). The van der Waals surface area contributed by atoms with Gasteiger partial charge in [-0.25, -0.2) is 22.5 Å². The SMILES string of the molecule is [N-]=[N+]=Nc1c(F)c(F)c(C(=O)NCCCCOc2ccc(-c3cc(-c4ccccn4)nc(-c4ccccn4)c3)cc2)c(F)c1F. The van der Waals surface area contributed by atoms with E-state index in [-0.39, 0.29) is 13.2 Å². The van der Waals surface area contributed by atoms with E-state index in [0.29, 0.717) is 30.0 Å². The van der Waals surface area contributed by atoms with Crippen molar-refractivity contribution in [2.75, 3.05) is 13.2 Å². The summed E-state index contributed by atoms with van der Waals surface area (Å²) in [6.45, 7) is 0.228. The molecule has 45 heavy (non-hydrogen) atoms. The Morgan fingerprint density at radius 1 is 0.778 bits per heavy atom. The lowest BCUT2D eigenvalue weighted by Crippen LogP contribution is -2.27. The minimum Gasteiger partial charge on any atom is -0.494 e. The average Bonchev–Trinajstić information content (AvgIpc) is 3.08. The van der Waals surface area contributed by atoms with Crippen LogP contribution in [0.25, 0.3) is 44.3 Å². The van der Waals surface area contributed by atoms with E-state index >= 15 is 0 Å². The second kappa shape index (κ2) is 14.1. The lowest BCUT2D eigenvalue weighted by atomic mass is 10.0. The van der Waals surface area contributed by atoms with Gasteiger partial charge in [0.15, 0.2) is 23.3 Å². The molecule has 0 fully saturated rings. The molecule has 13 heteroatoms. The number of carbonyl (C=O) groups excluding carboxylic acids is 1. The number of pyridine rings is 3. The summed E-state index contributed by atoms with van der Waals surface area (Å²) < 4.78 is 62.0. The molecule has 3 heterocycles. The molecular formula is C32H23F4N7O2. The highest BCUT2D eigenvalue weighted by atomic mass is 19.2. The molecular weight excluding hydrogens is 590 g/mol. The van der Waals surface area contributed by atoms with Crippen molar-refractivity contribution in [2.24, 2.45) is 5.11 Å². The first-order valence-corrected chi connectivity index (χ1v) is 13.6. The van der Waals surface area contributed by atoms with Gasteiger partial charge in [-0.2, -0.15) is 0 Å². The first kappa shape index (κ1) is 30.6. The highest BCUT2D eigenvalue weighted by Crippen LogP contribution is 2.31. The van der Waals surface area contributed by atoms with Gasteiger partial charge in [-0.05, 0) is 78.0 Å². The van der Waals surface area contributed by atoms with Crippen LogP contribution >= 0.6 is 0 Å². The molecule has 1 amide bonds. The monoisotopic (exact) mass is 613 g/mol. The summed E-state index contributed by atoms with van der Waals surface area (Å²) in [7, 11) is 0. The molecule has 0 spiro atoms. The highest BCUT2D eigenvalue weighted by Gasteiger charge is 2.28. The Hall–Kier alpha value is -5.81. The molecule has 0 saturated carbocycles.